The van der Waals surface area contributed by atoms with E-state index in [1.165, 1.54) is 12.1 Å². The van der Waals surface area contributed by atoms with Crippen molar-refractivity contribution in [3.05, 3.63) is 112 Å². The lowest BCUT2D eigenvalue weighted by molar-refractivity contribution is -0.112. The predicted octanol–water partition coefficient (Wildman–Crippen LogP) is 6.58. The highest BCUT2D eigenvalue weighted by molar-refractivity contribution is 6.30. The van der Waals surface area contributed by atoms with Crippen LogP contribution in [0.3, 0.4) is 0 Å². The van der Waals surface area contributed by atoms with E-state index in [-0.39, 0.29) is 11.3 Å². The van der Waals surface area contributed by atoms with Crippen LogP contribution in [0, 0.1) is 25.2 Å². The van der Waals surface area contributed by atoms with Crippen LogP contribution in [-0.4, -0.2) is 15.6 Å². The topological polar surface area (TPSA) is 87.3 Å². The number of nitrogens with zero attached hydrogens (tertiary/aromatic N) is 2. The molecule has 1 aromatic heterocycles. The SMILES string of the molecule is Cc1cc(/C=C(/C#N)C(=O)Nc2ccc(O)cc2)c(C)n1-c1ccc(OCc2ccc(Cl)cc2)cc1. The molecule has 0 atom stereocenters. The minimum Gasteiger partial charge on any atom is -0.508 e. The van der Waals surface area contributed by atoms with E-state index in [1.54, 1.807) is 18.2 Å². The van der Waals surface area contributed by atoms with Crippen LogP contribution >= 0.6 is 11.6 Å². The number of phenolic OH excluding ortho intramolecular Hbond substituents is 1. The molecule has 3 aromatic carbocycles. The fourth-order valence-electron chi connectivity index (χ4n) is 3.82. The summed E-state index contributed by atoms with van der Waals surface area (Å²) in [5.41, 5.74) is 5.07. The highest BCUT2D eigenvalue weighted by Crippen LogP contribution is 2.25. The number of carbonyl (C=O) groups excluding carboxylic acids is 1. The van der Waals surface area contributed by atoms with Crippen LogP contribution in [0.15, 0.2) is 84.4 Å². The molecule has 1 amide bonds. The average Bonchev–Trinajstić information content (AvgIpc) is 3.16. The number of aromatic hydroxyl groups is 1. The number of nitrogens with one attached hydrogen (secondary N) is 1. The zero-order chi connectivity index (χ0) is 25.7. The Kier molecular flexibility index (Phi) is 7.43. The molecule has 4 rings (SSSR count). The molecule has 0 radical (unpaired) electrons. The summed E-state index contributed by atoms with van der Waals surface area (Å²) in [6, 6.07) is 25.3. The molecule has 0 aliphatic rings. The number of rotatable bonds is 7. The van der Waals surface area contributed by atoms with E-state index in [0.717, 1.165) is 34.0 Å². The lowest BCUT2D eigenvalue weighted by atomic mass is 10.1. The smallest absolute Gasteiger partial charge is 0.266 e. The predicted molar refractivity (Wildman–Crippen MR) is 141 cm³/mol. The first-order valence-electron chi connectivity index (χ1n) is 11.2. The quantitative estimate of drug-likeness (QED) is 0.171. The molecule has 180 valence electrons. The van der Waals surface area contributed by atoms with E-state index in [4.69, 9.17) is 16.3 Å². The fourth-order valence-corrected chi connectivity index (χ4v) is 3.94. The van der Waals surface area contributed by atoms with Gasteiger partial charge in [-0.25, -0.2) is 0 Å². The number of anilines is 1. The van der Waals surface area contributed by atoms with Gasteiger partial charge in [-0.15, -0.1) is 0 Å². The second kappa shape index (κ2) is 10.9. The minimum absolute atomic E-state index is 0.0192. The molecule has 0 fully saturated rings. The number of hydrogen-bond donors (Lipinski definition) is 2. The Morgan fingerprint density at radius 1 is 1.06 bits per heavy atom. The Morgan fingerprint density at radius 3 is 2.36 bits per heavy atom. The van der Waals surface area contributed by atoms with E-state index in [2.05, 4.69) is 9.88 Å². The van der Waals surface area contributed by atoms with Gasteiger partial charge in [0, 0.05) is 27.8 Å². The number of aryl methyl sites for hydroxylation is 1. The van der Waals surface area contributed by atoms with Crippen LogP contribution in [0.1, 0.15) is 22.5 Å². The molecule has 0 unspecified atom stereocenters. The van der Waals surface area contributed by atoms with Crippen molar-refractivity contribution in [1.82, 2.24) is 4.57 Å². The Labute approximate surface area is 214 Å². The molecular weight excluding hydrogens is 474 g/mol. The summed E-state index contributed by atoms with van der Waals surface area (Å²) in [4.78, 5) is 12.6. The zero-order valence-electron chi connectivity index (χ0n) is 19.8. The van der Waals surface area contributed by atoms with Gasteiger partial charge in [0.25, 0.3) is 5.91 Å². The number of carbonyl (C=O) groups is 1. The summed E-state index contributed by atoms with van der Waals surface area (Å²) in [6.07, 6.45) is 1.58. The van der Waals surface area contributed by atoms with Crippen molar-refractivity contribution in [2.24, 2.45) is 0 Å². The average molecular weight is 498 g/mol. The normalized spacial score (nSPS) is 11.1. The van der Waals surface area contributed by atoms with Crippen molar-refractivity contribution in [3.8, 4) is 23.3 Å². The van der Waals surface area contributed by atoms with Crippen LogP contribution in [0.25, 0.3) is 11.8 Å². The number of amides is 1. The van der Waals surface area contributed by atoms with E-state index >= 15 is 0 Å². The van der Waals surface area contributed by atoms with Gasteiger partial charge < -0.3 is 19.7 Å². The Hall–Kier alpha value is -4.47. The van der Waals surface area contributed by atoms with Gasteiger partial charge in [0.05, 0.1) is 0 Å². The number of hydrogen-bond acceptors (Lipinski definition) is 4. The number of aromatic nitrogens is 1. The van der Waals surface area contributed by atoms with Crippen LogP contribution in [0.4, 0.5) is 5.69 Å². The fraction of sp³-hybridized carbons (Fsp3) is 0.103. The lowest BCUT2D eigenvalue weighted by Crippen LogP contribution is -2.13. The van der Waals surface area contributed by atoms with Gasteiger partial charge in [-0.1, -0.05) is 23.7 Å². The third-order valence-corrected chi connectivity index (χ3v) is 5.93. The van der Waals surface area contributed by atoms with Gasteiger partial charge in [-0.2, -0.15) is 5.26 Å². The van der Waals surface area contributed by atoms with Crippen LogP contribution in [0.5, 0.6) is 11.5 Å². The number of benzene rings is 3. The second-order valence-electron chi connectivity index (χ2n) is 8.24. The van der Waals surface area contributed by atoms with Crippen molar-refractivity contribution >= 4 is 29.3 Å². The maximum Gasteiger partial charge on any atom is 0.266 e. The van der Waals surface area contributed by atoms with Gasteiger partial charge in [0.1, 0.15) is 29.7 Å². The van der Waals surface area contributed by atoms with Crippen LogP contribution in [-0.2, 0) is 11.4 Å². The molecule has 0 aliphatic carbocycles. The summed E-state index contributed by atoms with van der Waals surface area (Å²) in [6.45, 7) is 4.35. The Morgan fingerprint density at radius 2 is 1.72 bits per heavy atom. The molecule has 0 saturated heterocycles. The summed E-state index contributed by atoms with van der Waals surface area (Å²) in [7, 11) is 0. The van der Waals surface area contributed by atoms with Gasteiger partial charge in [-0.3, -0.25) is 4.79 Å². The molecule has 2 N–H and O–H groups in total. The van der Waals surface area contributed by atoms with Crippen LogP contribution in [0.2, 0.25) is 5.02 Å². The van der Waals surface area contributed by atoms with Gasteiger partial charge in [0.15, 0.2) is 0 Å². The third-order valence-electron chi connectivity index (χ3n) is 5.67. The number of phenols is 1. The molecule has 6 nitrogen and oxygen atoms in total. The molecule has 7 heteroatoms. The molecule has 4 aromatic rings. The number of ether oxygens (including phenoxy) is 1. The lowest BCUT2D eigenvalue weighted by Gasteiger charge is -2.12. The van der Waals surface area contributed by atoms with E-state index < -0.39 is 5.91 Å². The molecule has 36 heavy (non-hydrogen) atoms. The molecular formula is C29H24ClN3O3. The molecule has 1 heterocycles. The maximum absolute atomic E-state index is 12.6. The summed E-state index contributed by atoms with van der Waals surface area (Å²) in [5.74, 6) is 0.321. The Bertz CT molecular complexity index is 1450. The first-order valence-corrected chi connectivity index (χ1v) is 11.6. The van der Waals surface area contributed by atoms with E-state index in [0.29, 0.717) is 17.3 Å². The first kappa shape index (κ1) is 24.6. The standard InChI is InChI=1S/C29H24ClN3O3/c1-19-15-22(16-23(17-31)29(35)32-25-7-11-27(34)12-8-25)20(2)33(19)26-9-13-28(14-10-26)36-18-21-3-5-24(30)6-4-21/h3-16,34H,18H2,1-2H3,(H,32,35)/b23-16-. The molecule has 0 spiro atoms. The highest BCUT2D eigenvalue weighted by atomic mass is 35.5. The van der Waals surface area contributed by atoms with Crippen molar-refractivity contribution in [3.63, 3.8) is 0 Å². The van der Waals surface area contributed by atoms with E-state index in [9.17, 15) is 15.2 Å². The van der Waals surface area contributed by atoms with Gasteiger partial charge in [0.2, 0.25) is 0 Å². The third kappa shape index (κ3) is 5.77. The largest absolute Gasteiger partial charge is 0.508 e. The second-order valence-corrected chi connectivity index (χ2v) is 8.68. The van der Waals surface area contributed by atoms with Crippen molar-refractivity contribution in [1.29, 1.82) is 5.26 Å². The number of nitriles is 1. The number of halogens is 1. The van der Waals surface area contributed by atoms with Gasteiger partial charge >= 0.3 is 0 Å². The summed E-state index contributed by atoms with van der Waals surface area (Å²) >= 11 is 5.93. The van der Waals surface area contributed by atoms with Crippen molar-refractivity contribution in [2.75, 3.05) is 5.32 Å². The maximum atomic E-state index is 12.6. The molecule has 0 bridgehead atoms. The Balaban J connectivity index is 1.50. The first-order chi connectivity index (χ1) is 17.3. The highest BCUT2D eigenvalue weighted by Gasteiger charge is 2.14. The summed E-state index contributed by atoms with van der Waals surface area (Å²) in [5, 5.41) is 22.4. The van der Waals surface area contributed by atoms with Crippen LogP contribution < -0.4 is 10.1 Å². The van der Waals surface area contributed by atoms with E-state index in [1.807, 2.05) is 74.5 Å². The van der Waals surface area contributed by atoms with Gasteiger partial charge in [-0.05, 0) is 97.8 Å². The van der Waals surface area contributed by atoms with Crippen molar-refractivity contribution in [2.45, 2.75) is 20.5 Å². The van der Waals surface area contributed by atoms with Crippen molar-refractivity contribution < 1.29 is 14.6 Å². The zero-order valence-corrected chi connectivity index (χ0v) is 20.6. The monoisotopic (exact) mass is 497 g/mol. The summed E-state index contributed by atoms with van der Waals surface area (Å²) < 4.78 is 7.94. The molecule has 0 saturated carbocycles. The molecule has 0 aliphatic heterocycles. The minimum atomic E-state index is -0.518.